The number of para-hydroxylation sites is 1. The van der Waals surface area contributed by atoms with Crippen molar-refractivity contribution in [3.05, 3.63) is 65.7 Å². The van der Waals surface area contributed by atoms with Gasteiger partial charge in [0.2, 0.25) is 0 Å². The second-order valence-corrected chi connectivity index (χ2v) is 4.92. The predicted molar refractivity (Wildman–Crippen MR) is 70.1 cm³/mol. The van der Waals surface area contributed by atoms with E-state index in [-0.39, 0.29) is 17.1 Å². The van der Waals surface area contributed by atoms with Gasteiger partial charge < -0.3 is 4.18 Å². The van der Waals surface area contributed by atoms with Crippen LogP contribution in [0.4, 0.5) is 0 Å². The van der Waals surface area contributed by atoms with Gasteiger partial charge >= 0.3 is 10.3 Å². The van der Waals surface area contributed by atoms with Crippen LogP contribution in [0.5, 0.6) is 5.75 Å². The van der Waals surface area contributed by atoms with Crippen molar-refractivity contribution in [1.82, 2.24) is 0 Å². The normalized spacial score (nSPS) is 11.0. The van der Waals surface area contributed by atoms with E-state index in [0.29, 0.717) is 5.56 Å². The van der Waals surface area contributed by atoms with Gasteiger partial charge in [-0.15, -0.1) is 0 Å². The van der Waals surface area contributed by atoms with Gasteiger partial charge in [0, 0.05) is 5.56 Å². The number of nitrogens with two attached hydrogens (primary N) is 1. The third kappa shape index (κ3) is 3.40. The van der Waals surface area contributed by atoms with Crippen molar-refractivity contribution in [2.24, 2.45) is 5.14 Å². The average molecular weight is 277 g/mol. The minimum atomic E-state index is -4.17. The Balaban J connectivity index is 2.43. The van der Waals surface area contributed by atoms with Gasteiger partial charge in [-0.3, -0.25) is 4.79 Å². The van der Waals surface area contributed by atoms with Crippen LogP contribution in [0, 0.1) is 0 Å². The van der Waals surface area contributed by atoms with Gasteiger partial charge in [-0.1, -0.05) is 42.5 Å². The standard InChI is InChI=1S/C13H11NO4S/c14-19(16,17)18-12-9-5-4-8-11(12)13(15)10-6-2-1-3-7-10/h1-9H,(H2,14,16,17). The van der Waals surface area contributed by atoms with Crippen LogP contribution in [0.3, 0.4) is 0 Å². The van der Waals surface area contributed by atoms with Gasteiger partial charge in [0.1, 0.15) is 0 Å². The zero-order chi connectivity index (χ0) is 13.9. The lowest BCUT2D eigenvalue weighted by atomic mass is 10.0. The Hall–Kier alpha value is -2.18. The van der Waals surface area contributed by atoms with Gasteiger partial charge in [0.25, 0.3) is 0 Å². The van der Waals surface area contributed by atoms with Crippen LogP contribution in [0.15, 0.2) is 54.6 Å². The molecule has 0 aliphatic rings. The summed E-state index contributed by atoms with van der Waals surface area (Å²) in [6.45, 7) is 0. The van der Waals surface area contributed by atoms with E-state index in [2.05, 4.69) is 4.18 Å². The molecule has 19 heavy (non-hydrogen) atoms. The quantitative estimate of drug-likeness (QED) is 0.858. The summed E-state index contributed by atoms with van der Waals surface area (Å²) in [5.41, 5.74) is 0.579. The second-order valence-electron chi connectivity index (χ2n) is 3.77. The Morgan fingerprint density at radius 1 is 0.947 bits per heavy atom. The van der Waals surface area contributed by atoms with Crippen molar-refractivity contribution in [1.29, 1.82) is 0 Å². The van der Waals surface area contributed by atoms with Crippen LogP contribution in [-0.2, 0) is 10.3 Å². The number of ketones is 1. The van der Waals surface area contributed by atoms with E-state index < -0.39 is 10.3 Å². The van der Waals surface area contributed by atoms with Crippen molar-refractivity contribution >= 4 is 16.1 Å². The zero-order valence-corrected chi connectivity index (χ0v) is 10.6. The van der Waals surface area contributed by atoms with Gasteiger partial charge in [-0.05, 0) is 12.1 Å². The second kappa shape index (κ2) is 5.21. The first-order valence-corrected chi connectivity index (χ1v) is 6.85. The first-order valence-electron chi connectivity index (χ1n) is 5.38. The Kier molecular flexibility index (Phi) is 3.64. The molecule has 0 amide bonds. The number of rotatable bonds is 4. The van der Waals surface area contributed by atoms with Gasteiger partial charge in [-0.2, -0.15) is 13.6 Å². The summed E-state index contributed by atoms with van der Waals surface area (Å²) in [4.78, 5) is 12.2. The molecule has 0 radical (unpaired) electrons. The highest BCUT2D eigenvalue weighted by Crippen LogP contribution is 2.22. The fraction of sp³-hybridized carbons (Fsp3) is 0. The van der Waals surface area contributed by atoms with Crippen molar-refractivity contribution in [2.75, 3.05) is 0 Å². The molecule has 0 aromatic heterocycles. The SMILES string of the molecule is NS(=O)(=O)Oc1ccccc1C(=O)c1ccccc1. The summed E-state index contributed by atoms with van der Waals surface area (Å²) < 4.78 is 26.5. The van der Waals surface area contributed by atoms with Gasteiger partial charge in [0.05, 0.1) is 5.56 Å². The number of benzene rings is 2. The Labute approximate surface area is 110 Å². The van der Waals surface area contributed by atoms with E-state index in [9.17, 15) is 13.2 Å². The number of hydrogen-bond acceptors (Lipinski definition) is 4. The molecule has 0 saturated heterocycles. The smallest absolute Gasteiger partial charge is 0.370 e. The molecule has 0 unspecified atom stereocenters. The average Bonchev–Trinajstić information content (AvgIpc) is 2.38. The number of hydrogen-bond donors (Lipinski definition) is 1. The summed E-state index contributed by atoms with van der Waals surface area (Å²) in [5.74, 6) is -0.418. The summed E-state index contributed by atoms with van der Waals surface area (Å²) >= 11 is 0. The van der Waals surface area contributed by atoms with E-state index in [1.165, 1.54) is 12.1 Å². The minimum absolute atomic E-state index is 0.0844. The summed E-state index contributed by atoms with van der Waals surface area (Å²) in [6, 6.07) is 14.5. The molecule has 0 aliphatic heterocycles. The van der Waals surface area contributed by atoms with Crippen molar-refractivity contribution < 1.29 is 17.4 Å². The molecule has 5 nitrogen and oxygen atoms in total. The van der Waals surface area contributed by atoms with E-state index in [1.54, 1.807) is 42.5 Å². The molecule has 98 valence electrons. The van der Waals surface area contributed by atoms with Crippen LogP contribution in [0.1, 0.15) is 15.9 Å². The molecule has 0 aliphatic carbocycles. The van der Waals surface area contributed by atoms with Crippen LogP contribution in [-0.4, -0.2) is 14.2 Å². The van der Waals surface area contributed by atoms with Gasteiger partial charge in [0.15, 0.2) is 11.5 Å². The molecular weight excluding hydrogens is 266 g/mol. The van der Waals surface area contributed by atoms with Crippen molar-refractivity contribution in [3.8, 4) is 5.75 Å². The molecule has 0 bridgehead atoms. The highest BCUT2D eigenvalue weighted by molar-refractivity contribution is 7.84. The fourth-order valence-electron chi connectivity index (χ4n) is 1.60. The molecule has 0 spiro atoms. The van der Waals surface area contributed by atoms with Crippen LogP contribution in [0.25, 0.3) is 0 Å². The molecule has 0 heterocycles. The molecule has 2 aromatic carbocycles. The van der Waals surface area contributed by atoms with E-state index >= 15 is 0 Å². The summed E-state index contributed by atoms with van der Waals surface area (Å²) in [5, 5.41) is 4.81. The lowest BCUT2D eigenvalue weighted by molar-refractivity contribution is 0.103. The van der Waals surface area contributed by atoms with Crippen LogP contribution in [0.2, 0.25) is 0 Å². The maximum absolute atomic E-state index is 12.2. The predicted octanol–water partition coefficient (Wildman–Crippen LogP) is 1.50. The van der Waals surface area contributed by atoms with E-state index in [1.807, 2.05) is 0 Å². The molecule has 2 N–H and O–H groups in total. The number of carbonyl (C=O) groups excluding carboxylic acids is 1. The molecule has 0 saturated carbocycles. The topological polar surface area (TPSA) is 86.5 Å². The summed E-state index contributed by atoms with van der Waals surface area (Å²) in [6.07, 6.45) is 0. The maximum atomic E-state index is 12.2. The minimum Gasteiger partial charge on any atom is -0.370 e. The molecular formula is C13H11NO4S. The number of carbonyl (C=O) groups is 1. The Bertz CT molecular complexity index is 696. The maximum Gasteiger partial charge on any atom is 0.380 e. The highest BCUT2D eigenvalue weighted by Gasteiger charge is 2.16. The van der Waals surface area contributed by atoms with Crippen molar-refractivity contribution in [2.45, 2.75) is 0 Å². The van der Waals surface area contributed by atoms with E-state index in [0.717, 1.165) is 0 Å². The lowest BCUT2D eigenvalue weighted by Gasteiger charge is -2.08. The molecule has 0 atom stereocenters. The van der Waals surface area contributed by atoms with Crippen LogP contribution >= 0.6 is 0 Å². The molecule has 6 heteroatoms. The first-order chi connectivity index (χ1) is 8.97. The first kappa shape index (κ1) is 13.3. The highest BCUT2D eigenvalue weighted by atomic mass is 32.2. The fourth-order valence-corrected chi connectivity index (χ4v) is 1.99. The third-order valence-electron chi connectivity index (χ3n) is 2.37. The summed E-state index contributed by atoms with van der Waals surface area (Å²) in [7, 11) is -4.17. The lowest BCUT2D eigenvalue weighted by Crippen LogP contribution is -2.20. The monoisotopic (exact) mass is 277 g/mol. The molecule has 0 fully saturated rings. The zero-order valence-electron chi connectivity index (χ0n) is 9.81. The van der Waals surface area contributed by atoms with Crippen LogP contribution < -0.4 is 9.32 Å². The van der Waals surface area contributed by atoms with Gasteiger partial charge in [-0.25, -0.2) is 0 Å². The van der Waals surface area contributed by atoms with Crippen molar-refractivity contribution in [3.63, 3.8) is 0 Å². The largest absolute Gasteiger partial charge is 0.380 e. The Morgan fingerprint density at radius 3 is 2.16 bits per heavy atom. The van der Waals surface area contributed by atoms with E-state index in [4.69, 9.17) is 5.14 Å². The molecule has 2 aromatic rings. The third-order valence-corrected chi connectivity index (χ3v) is 2.79. The Morgan fingerprint density at radius 2 is 1.53 bits per heavy atom. The molecule has 2 rings (SSSR count).